The van der Waals surface area contributed by atoms with Gasteiger partial charge >= 0.3 is 6.18 Å². The topological polar surface area (TPSA) is 90.0 Å². The first-order valence-electron chi connectivity index (χ1n) is 8.58. The maximum absolute atomic E-state index is 13.5. The normalized spacial score (nSPS) is 11.7. The van der Waals surface area contributed by atoms with Gasteiger partial charge in [-0.2, -0.15) is 17.5 Å². The molecule has 0 aliphatic rings. The summed E-state index contributed by atoms with van der Waals surface area (Å²) in [6.45, 7) is 3.29. The van der Waals surface area contributed by atoms with Crippen LogP contribution < -0.4 is 15.4 Å². The number of nitrogen functional groups attached to an aromatic ring is 1. The van der Waals surface area contributed by atoms with Gasteiger partial charge in [0.15, 0.2) is 5.82 Å². The number of pyridine rings is 2. The van der Waals surface area contributed by atoms with Crippen LogP contribution in [0.25, 0.3) is 22.1 Å². The third kappa shape index (κ3) is 4.39. The van der Waals surface area contributed by atoms with Crippen molar-refractivity contribution in [1.82, 2.24) is 19.3 Å². The summed E-state index contributed by atoms with van der Waals surface area (Å²) < 4.78 is 49.9. The van der Waals surface area contributed by atoms with Crippen LogP contribution >= 0.6 is 11.5 Å². The molecule has 0 aliphatic carbocycles. The summed E-state index contributed by atoms with van der Waals surface area (Å²) >= 11 is 1.04. The number of hydrogen-bond donors (Lipinski definition) is 1. The summed E-state index contributed by atoms with van der Waals surface area (Å²) in [4.78, 5) is 14.3. The molecule has 0 fully saturated rings. The SMILES string of the molecule is CC(C)Oc1cnc(-c2nsc(-c3ccnc(N)c3N(C)C)n2)cc1C(F)(F)F. The molecule has 3 aromatic rings. The lowest BCUT2D eigenvalue weighted by Gasteiger charge is -2.17. The molecule has 0 unspecified atom stereocenters. The molecular weight excluding hydrogens is 405 g/mol. The summed E-state index contributed by atoms with van der Waals surface area (Å²) in [5.74, 6) is 0.0760. The average molecular weight is 424 g/mol. The molecule has 0 spiro atoms. The Labute approximate surface area is 169 Å². The Bertz CT molecular complexity index is 1020. The fourth-order valence-corrected chi connectivity index (χ4v) is 3.38. The van der Waals surface area contributed by atoms with Gasteiger partial charge in [0.05, 0.1) is 18.0 Å². The van der Waals surface area contributed by atoms with Gasteiger partial charge in [0.25, 0.3) is 0 Å². The molecule has 0 saturated carbocycles. The maximum atomic E-state index is 13.5. The minimum Gasteiger partial charge on any atom is -0.489 e. The molecule has 2 N–H and O–H groups in total. The Morgan fingerprint density at radius 3 is 2.55 bits per heavy atom. The molecule has 0 atom stereocenters. The van der Waals surface area contributed by atoms with E-state index in [9.17, 15) is 13.2 Å². The lowest BCUT2D eigenvalue weighted by atomic mass is 10.2. The van der Waals surface area contributed by atoms with Crippen molar-refractivity contribution < 1.29 is 17.9 Å². The van der Waals surface area contributed by atoms with Crippen LogP contribution in [0, 0.1) is 0 Å². The van der Waals surface area contributed by atoms with Gasteiger partial charge in [-0.15, -0.1) is 0 Å². The highest BCUT2D eigenvalue weighted by molar-refractivity contribution is 7.09. The van der Waals surface area contributed by atoms with Gasteiger partial charge in [0.1, 0.15) is 27.8 Å². The Morgan fingerprint density at radius 1 is 1.21 bits per heavy atom. The van der Waals surface area contributed by atoms with E-state index in [4.69, 9.17) is 10.5 Å². The van der Waals surface area contributed by atoms with Crippen LogP contribution in [0.1, 0.15) is 19.4 Å². The summed E-state index contributed by atoms with van der Waals surface area (Å²) in [6, 6.07) is 2.63. The number of halogens is 3. The van der Waals surface area contributed by atoms with Gasteiger partial charge < -0.3 is 15.4 Å². The van der Waals surface area contributed by atoms with Crippen molar-refractivity contribution >= 4 is 23.0 Å². The van der Waals surface area contributed by atoms with Gasteiger partial charge in [-0.25, -0.2) is 15.0 Å². The second-order valence-electron chi connectivity index (χ2n) is 6.64. The second-order valence-corrected chi connectivity index (χ2v) is 7.39. The van der Waals surface area contributed by atoms with E-state index in [0.717, 1.165) is 23.8 Å². The highest BCUT2D eigenvalue weighted by atomic mass is 32.1. The van der Waals surface area contributed by atoms with Crippen molar-refractivity contribution in [1.29, 1.82) is 0 Å². The number of ether oxygens (including phenoxy) is 1. The van der Waals surface area contributed by atoms with Gasteiger partial charge in [0, 0.05) is 25.9 Å². The monoisotopic (exact) mass is 424 g/mol. The molecular formula is C18H19F3N6OS. The number of hydrogen-bond acceptors (Lipinski definition) is 8. The molecule has 0 amide bonds. The van der Waals surface area contributed by atoms with Crippen LogP contribution in [0.4, 0.5) is 24.7 Å². The molecule has 154 valence electrons. The largest absolute Gasteiger partial charge is 0.489 e. The minimum absolute atomic E-state index is 0.00404. The second kappa shape index (κ2) is 7.82. The first-order chi connectivity index (χ1) is 13.6. The quantitative estimate of drug-likeness (QED) is 0.659. The summed E-state index contributed by atoms with van der Waals surface area (Å²) in [7, 11) is 3.62. The number of aromatic nitrogens is 4. The van der Waals surface area contributed by atoms with E-state index in [-0.39, 0.29) is 17.3 Å². The van der Waals surface area contributed by atoms with Crippen molar-refractivity contribution in [3.05, 3.63) is 30.1 Å². The lowest BCUT2D eigenvalue weighted by Crippen LogP contribution is -2.13. The number of anilines is 2. The maximum Gasteiger partial charge on any atom is 0.420 e. The Morgan fingerprint density at radius 2 is 1.93 bits per heavy atom. The van der Waals surface area contributed by atoms with Crippen LogP contribution in [0.2, 0.25) is 0 Å². The summed E-state index contributed by atoms with van der Waals surface area (Å²) in [5.41, 5.74) is 6.37. The van der Waals surface area contributed by atoms with Gasteiger partial charge in [-0.1, -0.05) is 0 Å². The van der Waals surface area contributed by atoms with Crippen LogP contribution in [0.15, 0.2) is 24.5 Å². The number of rotatable bonds is 5. The van der Waals surface area contributed by atoms with Crippen molar-refractivity contribution in [3.8, 4) is 27.8 Å². The molecule has 3 heterocycles. The van der Waals surface area contributed by atoms with Crippen LogP contribution in [-0.2, 0) is 6.18 Å². The predicted octanol–water partition coefficient (Wildman–Crippen LogP) is 4.12. The molecule has 29 heavy (non-hydrogen) atoms. The minimum atomic E-state index is -4.60. The van der Waals surface area contributed by atoms with Crippen molar-refractivity contribution in [2.24, 2.45) is 0 Å². The molecule has 0 aromatic carbocycles. The van der Waals surface area contributed by atoms with E-state index in [2.05, 4.69) is 19.3 Å². The number of alkyl halides is 3. The third-order valence-electron chi connectivity index (χ3n) is 3.82. The Kier molecular flexibility index (Phi) is 5.60. The van der Waals surface area contributed by atoms with Crippen molar-refractivity contribution in [2.75, 3.05) is 24.7 Å². The molecule has 11 heteroatoms. The molecule has 0 saturated heterocycles. The van der Waals surface area contributed by atoms with E-state index >= 15 is 0 Å². The lowest BCUT2D eigenvalue weighted by molar-refractivity contribution is -0.139. The summed E-state index contributed by atoms with van der Waals surface area (Å²) in [6.07, 6.45) is -2.43. The Balaban J connectivity index is 2.05. The first-order valence-corrected chi connectivity index (χ1v) is 9.35. The van der Waals surface area contributed by atoms with Gasteiger partial charge in [-0.3, -0.25) is 0 Å². The van der Waals surface area contributed by atoms with Gasteiger partial charge in [0.2, 0.25) is 0 Å². The standard InChI is InChI=1S/C18H19F3N6OS/c1-9(2)28-13-8-24-12(7-11(13)18(19,20)21)16-25-17(29-26-16)10-5-6-23-15(22)14(10)27(3)4/h5-9H,1-4H3,(H2,22,23). The zero-order valence-electron chi connectivity index (χ0n) is 16.2. The smallest absolute Gasteiger partial charge is 0.420 e. The fourth-order valence-electron chi connectivity index (χ4n) is 2.68. The zero-order chi connectivity index (χ0) is 21.3. The fraction of sp³-hybridized carbons (Fsp3) is 0.333. The Hall–Kier alpha value is -2.95. The summed E-state index contributed by atoms with van der Waals surface area (Å²) in [5, 5.41) is 0.496. The molecule has 0 bridgehead atoms. The van der Waals surface area contributed by atoms with Crippen molar-refractivity contribution in [2.45, 2.75) is 26.1 Å². The van der Waals surface area contributed by atoms with E-state index in [1.165, 1.54) is 6.20 Å². The van der Waals surface area contributed by atoms with Crippen LogP contribution in [0.3, 0.4) is 0 Å². The van der Waals surface area contributed by atoms with Crippen molar-refractivity contribution in [3.63, 3.8) is 0 Å². The first kappa shape index (κ1) is 20.8. The molecule has 7 nitrogen and oxygen atoms in total. The molecule has 0 radical (unpaired) electrons. The van der Waals surface area contributed by atoms with Crippen LogP contribution in [-0.4, -0.2) is 39.5 Å². The number of nitrogens with zero attached hydrogens (tertiary/aromatic N) is 5. The van der Waals surface area contributed by atoms with E-state index < -0.39 is 17.8 Å². The van der Waals surface area contributed by atoms with Crippen LogP contribution in [0.5, 0.6) is 5.75 Å². The highest BCUT2D eigenvalue weighted by Gasteiger charge is 2.36. The zero-order valence-corrected chi connectivity index (χ0v) is 17.0. The van der Waals surface area contributed by atoms with E-state index in [1.807, 2.05) is 14.1 Å². The average Bonchev–Trinajstić information content (AvgIpc) is 3.10. The van der Waals surface area contributed by atoms with Gasteiger partial charge in [-0.05, 0) is 37.5 Å². The third-order valence-corrected chi connectivity index (χ3v) is 4.57. The highest BCUT2D eigenvalue weighted by Crippen LogP contribution is 2.39. The molecule has 3 aromatic heterocycles. The van der Waals surface area contributed by atoms with E-state index in [0.29, 0.717) is 22.1 Å². The molecule has 0 aliphatic heterocycles. The number of nitrogens with two attached hydrogens (primary N) is 1. The van der Waals surface area contributed by atoms with E-state index in [1.54, 1.807) is 24.8 Å². The molecule has 3 rings (SSSR count). The predicted molar refractivity (Wildman–Crippen MR) is 106 cm³/mol.